The second-order valence-corrected chi connectivity index (χ2v) is 10.0. The summed E-state index contributed by atoms with van der Waals surface area (Å²) < 4.78 is 13.9. The van der Waals surface area contributed by atoms with Crippen LogP contribution < -0.4 is 9.47 Å². The van der Waals surface area contributed by atoms with Gasteiger partial charge in [-0.25, -0.2) is 9.97 Å². The molecule has 2 heterocycles. The van der Waals surface area contributed by atoms with Crippen molar-refractivity contribution in [2.75, 3.05) is 6.61 Å². The average Bonchev–Trinajstić information content (AvgIpc) is 3.46. The summed E-state index contributed by atoms with van der Waals surface area (Å²) in [6.07, 6.45) is 3.38. The van der Waals surface area contributed by atoms with Gasteiger partial charge in [-0.05, 0) is 56.5 Å². The number of carboxylic acid groups (broad SMARTS) is 1. The van der Waals surface area contributed by atoms with Crippen molar-refractivity contribution in [3.05, 3.63) is 64.4 Å². The Balaban J connectivity index is 1.62. The van der Waals surface area contributed by atoms with E-state index in [0.717, 1.165) is 18.4 Å². The Hall–Kier alpha value is -3.36. The van der Waals surface area contributed by atoms with Gasteiger partial charge in [0.25, 0.3) is 0 Å². The Morgan fingerprint density at radius 2 is 1.97 bits per heavy atom. The number of rotatable bonds is 9. The first kappa shape index (κ1) is 24.3. The van der Waals surface area contributed by atoms with Crippen LogP contribution in [0.2, 0.25) is 10.0 Å². The van der Waals surface area contributed by atoms with Gasteiger partial charge in [0.1, 0.15) is 30.1 Å². The van der Waals surface area contributed by atoms with Gasteiger partial charge in [-0.2, -0.15) is 4.98 Å². The number of aliphatic carboxylic acids is 1. The molecule has 0 radical (unpaired) electrons. The molecule has 0 unspecified atom stereocenters. The van der Waals surface area contributed by atoms with Crippen LogP contribution in [0.4, 0.5) is 0 Å². The predicted octanol–water partition coefficient (Wildman–Crippen LogP) is 5.88. The molecule has 2 aromatic carbocycles. The van der Waals surface area contributed by atoms with Crippen molar-refractivity contribution in [3.8, 4) is 23.0 Å². The number of carboxylic acids is 1. The fourth-order valence-corrected chi connectivity index (χ4v) is 4.23. The number of aromatic nitrogens is 4. The van der Waals surface area contributed by atoms with Crippen molar-refractivity contribution in [1.82, 2.24) is 19.5 Å². The normalized spacial score (nSPS) is 15.0. The summed E-state index contributed by atoms with van der Waals surface area (Å²) in [7, 11) is 0. The van der Waals surface area contributed by atoms with Crippen molar-refractivity contribution >= 4 is 40.3 Å². The third-order valence-corrected chi connectivity index (χ3v) is 6.76. The number of halogens is 2. The van der Waals surface area contributed by atoms with E-state index in [0.29, 0.717) is 50.8 Å². The highest BCUT2D eigenvalue weighted by Gasteiger charge is 2.41. The van der Waals surface area contributed by atoms with Crippen LogP contribution in [0.5, 0.6) is 11.6 Å². The molecule has 5 rings (SSSR count). The van der Waals surface area contributed by atoms with E-state index in [4.69, 9.17) is 37.7 Å². The first-order valence-electron chi connectivity index (χ1n) is 11.5. The zero-order chi connectivity index (χ0) is 25.4. The van der Waals surface area contributed by atoms with Crippen LogP contribution in [0.25, 0.3) is 22.6 Å². The first-order chi connectivity index (χ1) is 17.2. The van der Waals surface area contributed by atoms with Crippen molar-refractivity contribution in [2.24, 2.45) is 5.92 Å². The molecule has 0 saturated heterocycles. The van der Waals surface area contributed by atoms with Crippen LogP contribution >= 0.6 is 23.2 Å². The number of fused-ring (bicyclic) bond motifs is 1. The molecule has 2 aromatic heterocycles. The fraction of sp³-hybridized carbons (Fsp3) is 0.308. The smallest absolute Gasteiger partial charge is 0.309 e. The van der Waals surface area contributed by atoms with Crippen molar-refractivity contribution in [3.63, 3.8) is 0 Å². The van der Waals surface area contributed by atoms with E-state index in [-0.39, 0.29) is 12.2 Å². The summed E-state index contributed by atoms with van der Waals surface area (Å²) in [5.74, 6) is -0.281. The summed E-state index contributed by atoms with van der Waals surface area (Å²) in [5.41, 5.74) is 2.45. The Kier molecular flexibility index (Phi) is 6.49. The number of imidazole rings is 1. The average molecular weight is 527 g/mol. The maximum absolute atomic E-state index is 11.2. The zero-order valence-electron chi connectivity index (χ0n) is 19.7. The number of carbonyl (C=O) groups is 1. The second-order valence-electron chi connectivity index (χ2n) is 9.22. The van der Waals surface area contributed by atoms with Gasteiger partial charge >= 0.3 is 5.97 Å². The third kappa shape index (κ3) is 4.96. The molecule has 186 valence electrons. The molecule has 0 amide bonds. The molecule has 8 nitrogen and oxygen atoms in total. The van der Waals surface area contributed by atoms with Gasteiger partial charge in [-0.3, -0.25) is 4.79 Å². The molecule has 1 atom stereocenters. The lowest BCUT2D eigenvalue weighted by Gasteiger charge is -2.14. The fourth-order valence-electron chi connectivity index (χ4n) is 3.76. The minimum Gasteiger partial charge on any atom is -0.491 e. The molecule has 10 heteroatoms. The number of ether oxygens (including phenoxy) is 2. The Morgan fingerprint density at radius 1 is 1.19 bits per heavy atom. The molecule has 1 N–H and O–H groups in total. The van der Waals surface area contributed by atoms with E-state index in [1.165, 1.54) is 6.33 Å². The number of hydrogen-bond donors (Lipinski definition) is 1. The quantitative estimate of drug-likeness (QED) is 0.290. The van der Waals surface area contributed by atoms with Crippen LogP contribution in [0.15, 0.2) is 48.8 Å². The lowest BCUT2D eigenvalue weighted by atomic mass is 10.1. The summed E-state index contributed by atoms with van der Waals surface area (Å²) in [5, 5.41) is 10.1. The Labute approximate surface area is 217 Å². The zero-order valence-corrected chi connectivity index (χ0v) is 21.3. The minimum absolute atomic E-state index is 0.0144. The molecular weight excluding hydrogens is 503 g/mol. The molecule has 4 aromatic rings. The van der Waals surface area contributed by atoms with Crippen LogP contribution in [0.3, 0.4) is 0 Å². The monoisotopic (exact) mass is 526 g/mol. The highest BCUT2D eigenvalue weighted by Crippen LogP contribution is 2.42. The van der Waals surface area contributed by atoms with Crippen LogP contribution in [-0.4, -0.2) is 42.8 Å². The van der Waals surface area contributed by atoms with E-state index in [2.05, 4.69) is 9.97 Å². The highest BCUT2D eigenvalue weighted by atomic mass is 35.5. The maximum Gasteiger partial charge on any atom is 0.309 e. The van der Waals surface area contributed by atoms with E-state index < -0.39 is 11.9 Å². The third-order valence-electron chi connectivity index (χ3n) is 6.14. The van der Waals surface area contributed by atoms with E-state index >= 15 is 0 Å². The Morgan fingerprint density at radius 3 is 2.69 bits per heavy atom. The summed E-state index contributed by atoms with van der Waals surface area (Å²) >= 11 is 13.0. The van der Waals surface area contributed by atoms with Crippen molar-refractivity contribution in [2.45, 2.75) is 38.8 Å². The molecule has 1 aliphatic carbocycles. The van der Waals surface area contributed by atoms with Crippen LogP contribution in [-0.2, 0) is 11.3 Å². The first-order valence-corrected chi connectivity index (χ1v) is 12.3. The number of nitrogens with zero attached hydrogens (tertiary/aromatic N) is 4. The van der Waals surface area contributed by atoms with E-state index in [1.54, 1.807) is 19.1 Å². The van der Waals surface area contributed by atoms with Crippen LogP contribution in [0, 0.1) is 5.92 Å². The van der Waals surface area contributed by atoms with Gasteiger partial charge in [0.2, 0.25) is 5.88 Å². The van der Waals surface area contributed by atoms with Gasteiger partial charge in [0, 0.05) is 10.6 Å². The summed E-state index contributed by atoms with van der Waals surface area (Å²) in [6.45, 7) is 4.03. The van der Waals surface area contributed by atoms with Gasteiger partial charge in [0.15, 0.2) is 11.2 Å². The largest absolute Gasteiger partial charge is 0.491 e. The molecule has 36 heavy (non-hydrogen) atoms. The SMILES string of the molecule is C[C@@H](COc1cccc(-c2nc3c(OC4(C)CC4)ncnc3n2Cc2cccc(Cl)c2)c1Cl)C(=O)O. The van der Waals surface area contributed by atoms with Crippen molar-refractivity contribution in [1.29, 1.82) is 0 Å². The molecule has 1 fully saturated rings. The van der Waals surface area contributed by atoms with Gasteiger partial charge < -0.3 is 19.1 Å². The van der Waals surface area contributed by atoms with Gasteiger partial charge in [-0.15, -0.1) is 0 Å². The second kappa shape index (κ2) is 9.59. The molecule has 0 aliphatic heterocycles. The van der Waals surface area contributed by atoms with E-state index in [9.17, 15) is 9.90 Å². The molecule has 1 saturated carbocycles. The summed E-state index contributed by atoms with van der Waals surface area (Å²) in [6, 6.07) is 12.9. The van der Waals surface area contributed by atoms with E-state index in [1.807, 2.05) is 41.8 Å². The lowest BCUT2D eigenvalue weighted by molar-refractivity contribution is -0.142. The number of hydrogen-bond acceptors (Lipinski definition) is 6. The minimum atomic E-state index is -0.943. The highest BCUT2D eigenvalue weighted by molar-refractivity contribution is 6.34. The number of benzene rings is 2. The van der Waals surface area contributed by atoms with Gasteiger partial charge in [0.05, 0.1) is 17.5 Å². The molecule has 0 spiro atoms. The predicted molar refractivity (Wildman–Crippen MR) is 137 cm³/mol. The molecular formula is C26H24Cl2N4O4. The lowest BCUT2D eigenvalue weighted by Crippen LogP contribution is -2.18. The van der Waals surface area contributed by atoms with Gasteiger partial charge in [-0.1, -0.05) is 41.4 Å². The Bertz CT molecular complexity index is 1450. The molecule has 1 aliphatic rings. The standard InChI is InChI=1S/C26H24Cl2N4O4/c1-15(25(33)34)13-35-19-8-4-7-18(20(19)28)22-31-21-23(29-14-30-24(21)36-26(2)9-10-26)32(22)12-16-5-3-6-17(27)11-16/h3-8,11,14-15H,9-10,12-13H2,1-2H3,(H,33,34)/t15-/m0/s1. The molecule has 0 bridgehead atoms. The maximum atomic E-state index is 11.2. The van der Waals surface area contributed by atoms with Crippen LogP contribution in [0.1, 0.15) is 32.3 Å². The topological polar surface area (TPSA) is 99.4 Å². The summed E-state index contributed by atoms with van der Waals surface area (Å²) in [4.78, 5) is 25.0. The van der Waals surface area contributed by atoms with Crippen molar-refractivity contribution < 1.29 is 19.4 Å².